The number of benzene rings is 3. The van der Waals surface area contributed by atoms with E-state index in [1.54, 1.807) is 39.5 Å². The van der Waals surface area contributed by atoms with Crippen LogP contribution in [0.3, 0.4) is 0 Å². The van der Waals surface area contributed by atoms with Crippen molar-refractivity contribution in [1.82, 2.24) is 4.98 Å². The van der Waals surface area contributed by atoms with Gasteiger partial charge in [-0.05, 0) is 48.0 Å². The largest absolute Gasteiger partial charge is 0.493 e. The zero-order chi connectivity index (χ0) is 23.5. The lowest BCUT2D eigenvalue weighted by molar-refractivity contribution is -0.132. The Morgan fingerprint density at radius 3 is 2.12 bits per heavy atom. The van der Waals surface area contributed by atoms with Gasteiger partial charge in [0.2, 0.25) is 11.6 Å². The minimum absolute atomic E-state index is 0.327. The fraction of sp³-hybridized carbons (Fsp3) is 0.200. The maximum Gasteiger partial charge on any atom is 0.308 e. The molecule has 33 heavy (non-hydrogen) atoms. The van der Waals surface area contributed by atoms with Gasteiger partial charge in [0.15, 0.2) is 28.6 Å². The van der Waals surface area contributed by atoms with Crippen LogP contribution < -0.4 is 23.7 Å². The number of carbonyl (C=O) groups excluding carboxylic acids is 1. The minimum atomic E-state index is -0.430. The maximum atomic E-state index is 11.3. The van der Waals surface area contributed by atoms with Crippen molar-refractivity contribution in [3.8, 4) is 51.3 Å². The molecule has 170 valence electrons. The maximum absolute atomic E-state index is 11.3. The van der Waals surface area contributed by atoms with Crippen LogP contribution in [0.5, 0.6) is 28.7 Å². The number of ether oxygens (including phenoxy) is 5. The highest BCUT2D eigenvalue weighted by atomic mass is 16.6. The molecular weight excluding hydrogens is 426 g/mol. The summed E-state index contributed by atoms with van der Waals surface area (Å²) in [6.45, 7) is 1.33. The molecule has 0 spiro atoms. The number of hydrogen-bond donors (Lipinski definition) is 0. The summed E-state index contributed by atoms with van der Waals surface area (Å²) in [6, 6.07) is 14.5. The number of aromatic nitrogens is 1. The van der Waals surface area contributed by atoms with Crippen LogP contribution in [0.4, 0.5) is 0 Å². The van der Waals surface area contributed by atoms with E-state index in [0.29, 0.717) is 51.3 Å². The molecule has 0 aliphatic rings. The first-order chi connectivity index (χ1) is 16.0. The average Bonchev–Trinajstić information content (AvgIpc) is 3.26. The third-order valence-corrected chi connectivity index (χ3v) is 5.07. The Hall–Kier alpha value is -4.20. The number of nitrogens with zero attached hydrogens (tertiary/aromatic N) is 1. The number of rotatable bonds is 7. The highest BCUT2D eigenvalue weighted by molar-refractivity contribution is 5.85. The minimum Gasteiger partial charge on any atom is -0.493 e. The van der Waals surface area contributed by atoms with Crippen LogP contribution in [0.2, 0.25) is 0 Å². The average molecular weight is 449 g/mol. The van der Waals surface area contributed by atoms with Crippen molar-refractivity contribution in [2.45, 2.75) is 6.92 Å². The summed E-state index contributed by atoms with van der Waals surface area (Å²) in [5.41, 5.74) is 3.66. The summed E-state index contributed by atoms with van der Waals surface area (Å²) in [6.07, 6.45) is 0. The Kier molecular flexibility index (Phi) is 6.08. The topological polar surface area (TPSA) is 89.2 Å². The van der Waals surface area contributed by atoms with E-state index in [0.717, 1.165) is 11.1 Å². The Bertz CT molecular complexity index is 1330. The molecule has 0 aliphatic carbocycles. The van der Waals surface area contributed by atoms with Gasteiger partial charge in [0.1, 0.15) is 5.52 Å². The van der Waals surface area contributed by atoms with Crippen LogP contribution in [0.15, 0.2) is 52.9 Å². The Balaban J connectivity index is 1.76. The highest BCUT2D eigenvalue weighted by Crippen LogP contribution is 2.45. The lowest BCUT2D eigenvalue weighted by Gasteiger charge is -2.15. The third kappa shape index (κ3) is 4.15. The number of esters is 1. The van der Waals surface area contributed by atoms with Crippen LogP contribution in [-0.4, -0.2) is 39.4 Å². The molecule has 3 aromatic carbocycles. The molecule has 4 aromatic rings. The van der Waals surface area contributed by atoms with Crippen LogP contribution in [0.25, 0.3) is 33.7 Å². The van der Waals surface area contributed by atoms with E-state index in [4.69, 9.17) is 28.1 Å². The van der Waals surface area contributed by atoms with Crippen LogP contribution >= 0.6 is 0 Å². The number of fused-ring (bicyclic) bond motifs is 1. The molecule has 1 aromatic heterocycles. The van der Waals surface area contributed by atoms with Gasteiger partial charge in [0.25, 0.3) is 0 Å². The first-order valence-corrected chi connectivity index (χ1v) is 10.1. The second-order valence-electron chi connectivity index (χ2n) is 7.04. The summed E-state index contributed by atoms with van der Waals surface area (Å²) >= 11 is 0. The van der Waals surface area contributed by atoms with Gasteiger partial charge in [0, 0.05) is 18.1 Å². The molecule has 1 heterocycles. The number of carbonyl (C=O) groups is 1. The molecule has 4 rings (SSSR count). The summed E-state index contributed by atoms with van der Waals surface area (Å²) in [7, 11) is 6.23. The van der Waals surface area contributed by atoms with Gasteiger partial charge in [-0.15, -0.1) is 0 Å². The van der Waals surface area contributed by atoms with E-state index in [-0.39, 0.29) is 0 Å². The van der Waals surface area contributed by atoms with E-state index < -0.39 is 5.97 Å². The molecule has 0 fully saturated rings. The van der Waals surface area contributed by atoms with Crippen molar-refractivity contribution < 1.29 is 32.9 Å². The van der Waals surface area contributed by atoms with E-state index >= 15 is 0 Å². The Labute approximate surface area is 190 Å². The molecule has 8 nitrogen and oxygen atoms in total. The number of oxazole rings is 1. The lowest BCUT2D eigenvalue weighted by atomic mass is 10.0. The summed E-state index contributed by atoms with van der Waals surface area (Å²) in [4.78, 5) is 15.9. The summed E-state index contributed by atoms with van der Waals surface area (Å²) in [5.74, 6) is 2.35. The van der Waals surface area contributed by atoms with Gasteiger partial charge in [-0.1, -0.05) is 6.07 Å². The monoisotopic (exact) mass is 449 g/mol. The molecule has 8 heteroatoms. The molecule has 0 N–H and O–H groups in total. The molecule has 0 atom stereocenters. The van der Waals surface area contributed by atoms with Gasteiger partial charge in [-0.3, -0.25) is 4.79 Å². The predicted octanol–water partition coefficient (Wildman–Crippen LogP) is 5.12. The third-order valence-electron chi connectivity index (χ3n) is 5.07. The van der Waals surface area contributed by atoms with E-state index in [1.165, 1.54) is 14.0 Å². The molecule has 0 unspecified atom stereocenters. The summed E-state index contributed by atoms with van der Waals surface area (Å²) < 4.78 is 33.0. The van der Waals surface area contributed by atoms with Crippen molar-refractivity contribution in [3.63, 3.8) is 0 Å². The molecule has 0 saturated carbocycles. The van der Waals surface area contributed by atoms with Crippen LogP contribution in [0, 0.1) is 0 Å². The van der Waals surface area contributed by atoms with Gasteiger partial charge in [-0.2, -0.15) is 0 Å². The quantitative estimate of drug-likeness (QED) is 0.284. The van der Waals surface area contributed by atoms with E-state index in [1.807, 2.05) is 30.3 Å². The van der Waals surface area contributed by atoms with Crippen LogP contribution in [-0.2, 0) is 4.79 Å². The van der Waals surface area contributed by atoms with Gasteiger partial charge in [0.05, 0.1) is 28.4 Å². The molecule has 0 amide bonds. The summed E-state index contributed by atoms with van der Waals surface area (Å²) in [5, 5.41) is 0. The fourth-order valence-electron chi connectivity index (χ4n) is 3.58. The fourth-order valence-corrected chi connectivity index (χ4v) is 3.58. The van der Waals surface area contributed by atoms with Crippen molar-refractivity contribution in [1.29, 1.82) is 0 Å². The van der Waals surface area contributed by atoms with Crippen molar-refractivity contribution in [2.75, 3.05) is 28.4 Å². The standard InChI is InChI=1S/C25H23NO7/c1-14(27)32-19-10-7-16(13-22(19)29-3)25-26-18-9-6-15(12-21(18)33-25)17-8-11-20(28-2)24(31-5)23(17)30-4/h6-13H,1-5H3. The number of methoxy groups -OCH3 is 4. The van der Waals surface area contributed by atoms with Crippen LogP contribution in [0.1, 0.15) is 6.92 Å². The Morgan fingerprint density at radius 1 is 0.758 bits per heavy atom. The van der Waals surface area contributed by atoms with E-state index in [2.05, 4.69) is 4.98 Å². The second kappa shape index (κ2) is 9.12. The lowest BCUT2D eigenvalue weighted by Crippen LogP contribution is -2.03. The zero-order valence-corrected chi connectivity index (χ0v) is 18.9. The highest BCUT2D eigenvalue weighted by Gasteiger charge is 2.19. The van der Waals surface area contributed by atoms with Crippen molar-refractivity contribution in [2.24, 2.45) is 0 Å². The predicted molar refractivity (Wildman–Crippen MR) is 122 cm³/mol. The first-order valence-electron chi connectivity index (χ1n) is 10.1. The smallest absolute Gasteiger partial charge is 0.308 e. The molecule has 0 saturated heterocycles. The SMILES string of the molecule is COc1cc(-c2nc3ccc(-c4ccc(OC)c(OC)c4OC)cc3o2)ccc1OC(C)=O. The first kappa shape index (κ1) is 22.0. The molecule has 0 aliphatic heterocycles. The number of hydrogen-bond acceptors (Lipinski definition) is 8. The van der Waals surface area contributed by atoms with Gasteiger partial charge in [-0.25, -0.2) is 4.98 Å². The van der Waals surface area contributed by atoms with Crippen molar-refractivity contribution >= 4 is 17.1 Å². The van der Waals surface area contributed by atoms with E-state index in [9.17, 15) is 4.79 Å². The normalized spacial score (nSPS) is 10.7. The molecule has 0 radical (unpaired) electrons. The van der Waals surface area contributed by atoms with Gasteiger partial charge < -0.3 is 28.1 Å². The van der Waals surface area contributed by atoms with Gasteiger partial charge >= 0.3 is 5.97 Å². The molecule has 0 bridgehead atoms. The second-order valence-corrected chi connectivity index (χ2v) is 7.04. The zero-order valence-electron chi connectivity index (χ0n) is 18.9. The molecular formula is C25H23NO7. The Morgan fingerprint density at radius 2 is 1.45 bits per heavy atom. The van der Waals surface area contributed by atoms with Crippen molar-refractivity contribution in [3.05, 3.63) is 48.5 Å².